The van der Waals surface area contributed by atoms with Gasteiger partial charge in [-0.3, -0.25) is 10.1 Å². The molecule has 4 aromatic rings. The maximum absolute atomic E-state index is 10.6. The van der Waals surface area contributed by atoms with Crippen LogP contribution in [0.5, 0.6) is 23.0 Å². The van der Waals surface area contributed by atoms with Gasteiger partial charge in [-0.05, 0) is 70.8 Å². The molecule has 8 heteroatoms. The molecule has 0 aliphatic rings. The van der Waals surface area contributed by atoms with Gasteiger partial charge in [-0.15, -0.1) is 0 Å². The molecule has 2 N–H and O–H groups in total. The average Bonchev–Trinajstić information content (AvgIpc) is 2.99. The lowest BCUT2D eigenvalue weighted by atomic mass is 10.1. The second kappa shape index (κ2) is 14.6. The van der Waals surface area contributed by atoms with Gasteiger partial charge in [0.2, 0.25) is 0 Å². The van der Waals surface area contributed by atoms with Crippen LogP contribution < -0.4 is 24.7 Å². The topological polar surface area (TPSA) is 106 Å². The number of rotatable bonds is 9. The lowest BCUT2D eigenvalue weighted by molar-refractivity contribution is -0.384. The Labute approximate surface area is 234 Å². The number of benzene rings is 4. The molecule has 0 saturated heterocycles. The molecule has 0 radical (unpaired) electrons. The number of hydrogen-bond donors (Lipinski definition) is 1. The average molecular weight is 541 g/mol. The SMILES string of the molecule is COc1cc(C=Cc2ccc(N)cc2)cc(OC)c1.COc1cc(C=Cc2ccc([N+](=O)[O-])cc2)cc(OC)c1. The Morgan fingerprint density at radius 2 is 0.875 bits per heavy atom. The van der Waals surface area contributed by atoms with Gasteiger partial charge in [-0.2, -0.15) is 0 Å². The van der Waals surface area contributed by atoms with Crippen molar-refractivity contribution in [2.24, 2.45) is 0 Å². The third kappa shape index (κ3) is 8.95. The molecular weight excluding hydrogens is 508 g/mol. The van der Waals surface area contributed by atoms with Gasteiger partial charge >= 0.3 is 0 Å². The largest absolute Gasteiger partial charge is 0.497 e. The van der Waals surface area contributed by atoms with Crippen LogP contribution in [-0.2, 0) is 0 Å². The quantitative estimate of drug-likeness (QED) is 0.103. The first-order chi connectivity index (χ1) is 19.3. The molecule has 0 aliphatic carbocycles. The van der Waals surface area contributed by atoms with Gasteiger partial charge in [0.1, 0.15) is 23.0 Å². The first kappa shape index (κ1) is 29.3. The summed E-state index contributed by atoms with van der Waals surface area (Å²) in [5.74, 6) is 2.96. The number of nitro benzene ring substituents is 1. The number of ether oxygens (including phenoxy) is 4. The molecule has 0 aliphatic heterocycles. The smallest absolute Gasteiger partial charge is 0.269 e. The third-order valence-corrected chi connectivity index (χ3v) is 5.72. The molecule has 40 heavy (non-hydrogen) atoms. The number of hydrogen-bond acceptors (Lipinski definition) is 7. The zero-order chi connectivity index (χ0) is 28.9. The van der Waals surface area contributed by atoms with E-state index in [9.17, 15) is 10.1 Å². The molecule has 8 nitrogen and oxygen atoms in total. The predicted molar refractivity (Wildman–Crippen MR) is 161 cm³/mol. The first-order valence-electron chi connectivity index (χ1n) is 12.3. The maximum atomic E-state index is 10.6. The Morgan fingerprint density at radius 3 is 1.20 bits per heavy atom. The van der Waals surface area contributed by atoms with Crippen LogP contribution in [0.2, 0.25) is 0 Å². The summed E-state index contributed by atoms with van der Waals surface area (Å²) in [6.07, 6.45) is 7.80. The fourth-order valence-electron chi connectivity index (χ4n) is 3.55. The first-order valence-corrected chi connectivity index (χ1v) is 12.3. The summed E-state index contributed by atoms with van der Waals surface area (Å²) in [4.78, 5) is 10.2. The molecule has 206 valence electrons. The fourth-order valence-corrected chi connectivity index (χ4v) is 3.55. The molecule has 0 bridgehead atoms. The molecule has 0 aromatic heterocycles. The van der Waals surface area contributed by atoms with Gasteiger partial charge in [0.05, 0.1) is 33.4 Å². The summed E-state index contributed by atoms with van der Waals surface area (Å²) < 4.78 is 20.9. The molecule has 4 aromatic carbocycles. The minimum Gasteiger partial charge on any atom is -0.497 e. The van der Waals surface area contributed by atoms with Gasteiger partial charge in [0.15, 0.2) is 0 Å². The van der Waals surface area contributed by atoms with Gasteiger partial charge in [0.25, 0.3) is 5.69 Å². The van der Waals surface area contributed by atoms with Crippen molar-refractivity contribution in [3.8, 4) is 23.0 Å². The Morgan fingerprint density at radius 1 is 0.550 bits per heavy atom. The summed E-state index contributed by atoms with van der Waals surface area (Å²) in [6, 6.07) is 25.4. The van der Waals surface area contributed by atoms with E-state index in [4.69, 9.17) is 24.7 Å². The minimum absolute atomic E-state index is 0.0789. The highest BCUT2D eigenvalue weighted by Gasteiger charge is 2.03. The van der Waals surface area contributed by atoms with Crippen molar-refractivity contribution in [2.75, 3.05) is 34.2 Å². The zero-order valence-electron chi connectivity index (χ0n) is 22.9. The number of methoxy groups -OCH3 is 4. The van der Waals surface area contributed by atoms with Crippen molar-refractivity contribution in [1.82, 2.24) is 0 Å². The number of nitrogens with two attached hydrogens (primary N) is 1. The number of non-ortho nitro benzene ring substituents is 1. The Hall–Kier alpha value is -5.24. The Bertz CT molecular complexity index is 1420. The molecule has 0 amide bonds. The van der Waals surface area contributed by atoms with Crippen molar-refractivity contribution in [3.63, 3.8) is 0 Å². The van der Waals surface area contributed by atoms with Crippen molar-refractivity contribution < 1.29 is 23.9 Å². The fraction of sp³-hybridized carbons (Fsp3) is 0.125. The number of nitro groups is 1. The monoisotopic (exact) mass is 540 g/mol. The van der Waals surface area contributed by atoms with Crippen molar-refractivity contribution in [1.29, 1.82) is 0 Å². The van der Waals surface area contributed by atoms with Crippen molar-refractivity contribution >= 4 is 35.7 Å². The molecule has 4 rings (SSSR count). The van der Waals surface area contributed by atoms with Crippen LogP contribution in [-0.4, -0.2) is 33.4 Å². The van der Waals surface area contributed by atoms with Gasteiger partial charge in [-0.1, -0.05) is 36.4 Å². The van der Waals surface area contributed by atoms with Gasteiger partial charge in [0, 0.05) is 30.0 Å². The summed E-state index contributed by atoms with van der Waals surface area (Å²) in [7, 11) is 6.47. The van der Waals surface area contributed by atoms with Crippen LogP contribution in [0.4, 0.5) is 11.4 Å². The zero-order valence-corrected chi connectivity index (χ0v) is 22.9. The van der Waals surface area contributed by atoms with E-state index < -0.39 is 4.92 Å². The van der Waals surface area contributed by atoms with Crippen LogP contribution >= 0.6 is 0 Å². The van der Waals surface area contributed by atoms with E-state index in [1.165, 1.54) is 12.1 Å². The van der Waals surface area contributed by atoms with Crippen LogP contribution in [0.3, 0.4) is 0 Å². The van der Waals surface area contributed by atoms with Crippen LogP contribution in [0.25, 0.3) is 24.3 Å². The predicted octanol–water partition coefficient (Wildman–Crippen LogP) is 7.24. The number of anilines is 1. The van der Waals surface area contributed by atoms with Crippen molar-refractivity contribution in [2.45, 2.75) is 0 Å². The van der Waals surface area contributed by atoms with Crippen LogP contribution in [0.15, 0.2) is 84.9 Å². The lowest BCUT2D eigenvalue weighted by Crippen LogP contribution is -1.88. The second-order valence-corrected chi connectivity index (χ2v) is 8.47. The highest BCUT2D eigenvalue weighted by atomic mass is 16.6. The van der Waals surface area contributed by atoms with Crippen LogP contribution in [0, 0.1) is 10.1 Å². The highest BCUT2D eigenvalue weighted by Crippen LogP contribution is 2.25. The molecule has 0 heterocycles. The normalized spacial score (nSPS) is 10.6. The standard InChI is InChI=1S/C16H15NO4.C16H17NO2/c1-20-15-9-13(10-16(11-15)21-2)4-3-12-5-7-14(8-6-12)17(18)19;1-18-15-9-13(10-16(11-15)19-2)4-3-12-5-7-14(17)8-6-12/h3-11H,1-2H3;3-11H,17H2,1-2H3. The number of nitrogen functional groups attached to an aromatic ring is 1. The molecular formula is C32H32N2O6. The third-order valence-electron chi connectivity index (χ3n) is 5.72. The second-order valence-electron chi connectivity index (χ2n) is 8.47. The molecule has 0 saturated carbocycles. The molecule has 0 unspecified atom stereocenters. The Kier molecular flexibility index (Phi) is 10.7. The van der Waals surface area contributed by atoms with Crippen molar-refractivity contribution in [3.05, 3.63) is 117 Å². The lowest BCUT2D eigenvalue weighted by Gasteiger charge is -2.05. The molecule has 0 fully saturated rings. The van der Waals surface area contributed by atoms with Gasteiger partial charge in [-0.25, -0.2) is 0 Å². The van der Waals surface area contributed by atoms with E-state index in [2.05, 4.69) is 0 Å². The summed E-state index contributed by atoms with van der Waals surface area (Å²) in [5.41, 5.74) is 10.4. The summed E-state index contributed by atoms with van der Waals surface area (Å²) in [5, 5.41) is 10.6. The summed E-state index contributed by atoms with van der Waals surface area (Å²) in [6.45, 7) is 0. The van der Waals surface area contributed by atoms with Crippen LogP contribution in [0.1, 0.15) is 22.3 Å². The highest BCUT2D eigenvalue weighted by molar-refractivity contribution is 5.72. The maximum Gasteiger partial charge on any atom is 0.269 e. The molecule has 0 spiro atoms. The van der Waals surface area contributed by atoms with E-state index in [0.717, 1.165) is 39.4 Å². The van der Waals surface area contributed by atoms with E-state index in [1.807, 2.05) is 78.9 Å². The molecule has 0 atom stereocenters. The van der Waals surface area contributed by atoms with E-state index in [-0.39, 0.29) is 5.69 Å². The minimum atomic E-state index is -0.416. The number of nitrogens with zero attached hydrogens (tertiary/aromatic N) is 1. The van der Waals surface area contributed by atoms with E-state index >= 15 is 0 Å². The Balaban J connectivity index is 0.000000222. The van der Waals surface area contributed by atoms with Gasteiger partial charge < -0.3 is 24.7 Å². The summed E-state index contributed by atoms with van der Waals surface area (Å²) >= 11 is 0. The van der Waals surface area contributed by atoms with E-state index in [1.54, 1.807) is 46.6 Å². The van der Waals surface area contributed by atoms with E-state index in [0.29, 0.717) is 11.5 Å².